The molecule has 0 fully saturated rings. The van der Waals surface area contributed by atoms with Gasteiger partial charge in [0.05, 0.1) is 22.9 Å². The number of carbonyl (C=O) groups is 1. The van der Waals surface area contributed by atoms with Crippen LogP contribution in [0.25, 0.3) is 0 Å². The van der Waals surface area contributed by atoms with Crippen molar-refractivity contribution in [3.8, 4) is 0 Å². The Kier molecular flexibility index (Phi) is 6.02. The maximum absolute atomic E-state index is 12.9. The number of amides is 1. The summed E-state index contributed by atoms with van der Waals surface area (Å²) in [7, 11) is 0. The zero-order chi connectivity index (χ0) is 17.1. The quantitative estimate of drug-likeness (QED) is 0.186. The zero-order valence-electron chi connectivity index (χ0n) is 10.7. The molecule has 1 unspecified atom stereocenters. The molecular formula is C10H8F4N2O4S2. The number of non-ortho nitro benzene ring substituents is 1. The van der Waals surface area contributed by atoms with E-state index in [9.17, 15) is 37.0 Å². The molecule has 6 nitrogen and oxygen atoms in total. The van der Waals surface area contributed by atoms with Crippen molar-refractivity contribution < 1.29 is 31.8 Å². The highest BCUT2D eigenvalue weighted by Gasteiger charge is 2.47. The highest BCUT2D eigenvalue weighted by Crippen LogP contribution is 2.40. The molecular weight excluding hydrogens is 352 g/mol. The van der Waals surface area contributed by atoms with Crippen molar-refractivity contribution in [2.45, 2.75) is 23.5 Å². The minimum Gasteiger partial charge on any atom is -0.587 e. The van der Waals surface area contributed by atoms with E-state index in [0.717, 1.165) is 12.1 Å². The van der Waals surface area contributed by atoms with Crippen LogP contribution in [0.5, 0.6) is 0 Å². The summed E-state index contributed by atoms with van der Waals surface area (Å²) in [6.45, 7) is 1.37. The first kappa shape index (κ1) is 18.5. The number of aryl methyl sites for hydroxylation is 1. The second-order valence-corrected chi connectivity index (χ2v) is 6.48. The maximum atomic E-state index is 12.9. The number of hydrogen-bond donors (Lipinski definition) is 0. The van der Waals surface area contributed by atoms with Crippen molar-refractivity contribution in [2.24, 2.45) is 0 Å². The van der Waals surface area contributed by atoms with E-state index in [0.29, 0.717) is 0 Å². The Morgan fingerprint density at radius 2 is 2.05 bits per heavy atom. The molecule has 1 aromatic carbocycles. The molecule has 1 amide bonds. The molecule has 0 aliphatic heterocycles. The number of nitro benzene ring substituents is 1. The molecule has 22 heavy (non-hydrogen) atoms. The third-order valence-corrected chi connectivity index (χ3v) is 4.83. The van der Waals surface area contributed by atoms with Crippen molar-refractivity contribution in [3.05, 3.63) is 33.9 Å². The monoisotopic (exact) mass is 360 g/mol. The van der Waals surface area contributed by atoms with Gasteiger partial charge in [0.2, 0.25) is 0 Å². The minimum absolute atomic E-state index is 0.113. The van der Waals surface area contributed by atoms with Gasteiger partial charge in [-0.15, -0.1) is 0 Å². The number of benzene rings is 1. The molecule has 12 heteroatoms. The van der Waals surface area contributed by atoms with Crippen molar-refractivity contribution in [1.82, 2.24) is 3.71 Å². The molecule has 0 spiro atoms. The Morgan fingerprint density at radius 1 is 1.45 bits per heavy atom. The van der Waals surface area contributed by atoms with Crippen LogP contribution in [-0.4, -0.2) is 31.3 Å². The molecule has 0 aromatic heterocycles. The summed E-state index contributed by atoms with van der Waals surface area (Å²) >= 11 is -3.52. The van der Waals surface area contributed by atoms with Crippen molar-refractivity contribution in [1.29, 1.82) is 0 Å². The lowest BCUT2D eigenvalue weighted by molar-refractivity contribution is -0.385. The van der Waals surface area contributed by atoms with Crippen LogP contribution in [0.1, 0.15) is 5.56 Å². The van der Waals surface area contributed by atoms with Crippen LogP contribution in [-0.2, 0) is 16.2 Å². The summed E-state index contributed by atoms with van der Waals surface area (Å²) < 4.78 is 62.1. The standard InChI is InChI=1S/C10H8F4N2O4S2/c1-6-2-3-7(16(18)19)4-8(6)22(20)15(5-17)21-10(13,14)9(11)12/h2-5,9H,1H3. The third kappa shape index (κ3) is 4.24. The predicted octanol–water partition coefficient (Wildman–Crippen LogP) is 2.89. The van der Waals surface area contributed by atoms with E-state index in [-0.39, 0.29) is 20.6 Å². The minimum atomic E-state index is -4.63. The van der Waals surface area contributed by atoms with Gasteiger partial charge in [0.1, 0.15) is 11.4 Å². The van der Waals surface area contributed by atoms with Crippen molar-refractivity contribution in [2.75, 3.05) is 0 Å². The first-order valence-electron chi connectivity index (χ1n) is 5.36. The average Bonchev–Trinajstić information content (AvgIpc) is 2.44. The van der Waals surface area contributed by atoms with Gasteiger partial charge in [0, 0.05) is 11.6 Å². The Hall–Kier alpha value is -1.53. The summed E-state index contributed by atoms with van der Waals surface area (Å²) in [6, 6.07) is 3.11. The molecule has 0 saturated carbocycles. The van der Waals surface area contributed by atoms with Gasteiger partial charge in [-0.25, -0.2) is 8.78 Å². The first-order valence-corrected chi connectivity index (χ1v) is 7.24. The van der Waals surface area contributed by atoms with Crippen LogP contribution in [0.2, 0.25) is 0 Å². The van der Waals surface area contributed by atoms with Gasteiger partial charge in [-0.3, -0.25) is 14.9 Å². The van der Waals surface area contributed by atoms with Gasteiger partial charge in [-0.2, -0.15) is 8.78 Å². The van der Waals surface area contributed by atoms with Gasteiger partial charge >= 0.3 is 11.7 Å². The highest BCUT2D eigenvalue weighted by atomic mass is 32.3. The topological polar surface area (TPSA) is 86.5 Å². The smallest absolute Gasteiger partial charge is 0.375 e. The normalized spacial score (nSPS) is 13.0. The van der Waals surface area contributed by atoms with Crippen LogP contribution in [0, 0.1) is 17.0 Å². The van der Waals surface area contributed by atoms with Crippen LogP contribution in [0.4, 0.5) is 23.2 Å². The number of halogens is 4. The average molecular weight is 360 g/mol. The van der Waals surface area contributed by atoms with Gasteiger partial charge in [-0.1, -0.05) is 3.71 Å². The van der Waals surface area contributed by atoms with E-state index in [1.54, 1.807) is 0 Å². The predicted molar refractivity (Wildman–Crippen MR) is 70.7 cm³/mol. The highest BCUT2D eigenvalue weighted by molar-refractivity contribution is 8.09. The van der Waals surface area contributed by atoms with Gasteiger partial charge < -0.3 is 4.55 Å². The molecule has 0 N–H and O–H groups in total. The molecule has 1 aromatic rings. The summed E-state index contributed by atoms with van der Waals surface area (Å²) in [4.78, 5) is 20.3. The number of rotatable bonds is 7. The Balaban J connectivity index is 3.11. The van der Waals surface area contributed by atoms with E-state index < -0.39 is 45.6 Å². The summed E-state index contributed by atoms with van der Waals surface area (Å²) in [5.41, 5.74) is -0.276. The number of hydrogen-bond acceptors (Lipinski definition) is 5. The Labute approximate surface area is 129 Å². The number of carbonyl (C=O) groups excluding carboxylic acids is 1. The third-order valence-electron chi connectivity index (χ3n) is 2.29. The molecule has 0 saturated heterocycles. The Bertz CT molecular complexity index is 576. The lowest BCUT2D eigenvalue weighted by Crippen LogP contribution is -2.33. The molecule has 0 aliphatic carbocycles. The molecule has 1 rings (SSSR count). The fraction of sp³-hybridized carbons (Fsp3) is 0.300. The molecule has 0 aliphatic rings. The fourth-order valence-corrected chi connectivity index (χ4v) is 3.25. The molecule has 1 atom stereocenters. The van der Waals surface area contributed by atoms with Gasteiger partial charge in [0.15, 0.2) is 4.90 Å². The van der Waals surface area contributed by atoms with Gasteiger partial charge in [0.25, 0.3) is 12.1 Å². The number of alkyl halides is 4. The van der Waals surface area contributed by atoms with Crippen LogP contribution < -0.4 is 0 Å². The van der Waals surface area contributed by atoms with E-state index in [4.69, 9.17) is 0 Å². The SMILES string of the molecule is Cc1ccc([N+](=O)[O-])cc1[S+]([O-])N(C=O)SC(F)(F)C(F)F. The van der Waals surface area contributed by atoms with E-state index in [2.05, 4.69) is 0 Å². The van der Waals surface area contributed by atoms with Crippen LogP contribution in [0.15, 0.2) is 23.1 Å². The fourth-order valence-electron chi connectivity index (χ4n) is 1.24. The van der Waals surface area contributed by atoms with E-state index in [1.807, 2.05) is 0 Å². The molecule has 122 valence electrons. The zero-order valence-corrected chi connectivity index (χ0v) is 12.4. The van der Waals surface area contributed by atoms with E-state index in [1.165, 1.54) is 13.0 Å². The van der Waals surface area contributed by atoms with Gasteiger partial charge in [-0.05, 0) is 13.0 Å². The molecule has 0 bridgehead atoms. The lowest BCUT2D eigenvalue weighted by Gasteiger charge is -2.23. The maximum Gasteiger partial charge on any atom is 0.375 e. The van der Waals surface area contributed by atoms with Crippen LogP contribution in [0.3, 0.4) is 0 Å². The van der Waals surface area contributed by atoms with Crippen molar-refractivity contribution in [3.63, 3.8) is 0 Å². The summed E-state index contributed by atoms with van der Waals surface area (Å²) in [5.74, 6) is 0. The second kappa shape index (κ2) is 7.15. The number of nitro groups is 1. The first-order chi connectivity index (χ1) is 10.1. The Morgan fingerprint density at radius 3 is 2.50 bits per heavy atom. The summed E-state index contributed by atoms with van der Waals surface area (Å²) in [5, 5.41) is 6.01. The van der Waals surface area contributed by atoms with Crippen LogP contribution >= 0.6 is 11.9 Å². The largest absolute Gasteiger partial charge is 0.587 e. The number of nitrogens with zero attached hydrogens (tertiary/aromatic N) is 2. The van der Waals surface area contributed by atoms with E-state index >= 15 is 0 Å². The lowest BCUT2D eigenvalue weighted by atomic mass is 10.2. The molecule has 0 radical (unpaired) electrons. The van der Waals surface area contributed by atoms with Crippen molar-refractivity contribution >= 4 is 35.4 Å². The second-order valence-electron chi connectivity index (χ2n) is 3.80. The summed E-state index contributed by atoms with van der Waals surface area (Å²) in [6.07, 6.45) is -4.39. The molecule has 0 heterocycles.